The second-order valence-electron chi connectivity index (χ2n) is 11.6. The molecule has 4 aliphatic heterocycles. The van der Waals surface area contributed by atoms with Crippen molar-refractivity contribution in [3.63, 3.8) is 0 Å². The van der Waals surface area contributed by atoms with Crippen molar-refractivity contribution in [2.45, 2.75) is 62.9 Å². The molecular weight excluding hydrogens is 596 g/mol. The SMILES string of the molecule is COc1cc([C@@H]2c3cc4c(cc3C(O[C@@H]3O[C@@H]5CO[C@@H](C)O[C@H]5[C@H](O)[C@H]3O)C3COC(=O)[C@@H]32)OCO4)cc(OC)c1OC(C)=O. The van der Waals surface area contributed by atoms with Gasteiger partial charge in [-0.2, -0.15) is 0 Å². The first-order valence-corrected chi connectivity index (χ1v) is 14.7. The minimum atomic E-state index is -1.45. The van der Waals surface area contributed by atoms with Crippen LogP contribution in [0.1, 0.15) is 42.6 Å². The number of aliphatic hydroxyl groups excluding tert-OH is 2. The Morgan fingerprint density at radius 1 is 0.911 bits per heavy atom. The fourth-order valence-corrected chi connectivity index (χ4v) is 6.97. The second kappa shape index (κ2) is 11.6. The van der Waals surface area contributed by atoms with Gasteiger partial charge in [0, 0.05) is 18.8 Å². The number of cyclic esters (lactones) is 1. The number of hydrogen-bond acceptors (Lipinski definition) is 14. The zero-order chi connectivity index (χ0) is 31.6. The van der Waals surface area contributed by atoms with Crippen molar-refractivity contribution in [1.29, 1.82) is 0 Å². The number of esters is 2. The van der Waals surface area contributed by atoms with Gasteiger partial charge < -0.3 is 57.6 Å². The van der Waals surface area contributed by atoms with E-state index in [2.05, 4.69) is 0 Å². The standard InChI is InChI=1S/C31H34O14/c1-12(32)42-28-20(36-3)5-14(6-21(28)37-4)23-15-7-18-19(41-11-40-18)8-16(15)27(17-9-39-30(35)24(17)23)45-31-26(34)25(33)29-22(44-31)10-38-13(2)43-29/h5-8,13,17,22-27,29,31,33-34H,9-11H2,1-4H3/t13-,17?,22-,23-,24+,25-,26-,27?,29-,31+/m1/s1. The van der Waals surface area contributed by atoms with Gasteiger partial charge in [0.1, 0.15) is 24.4 Å². The lowest BCUT2D eigenvalue weighted by Gasteiger charge is -2.47. The number of ether oxygens (including phenoxy) is 10. The molecule has 7 rings (SSSR count). The van der Waals surface area contributed by atoms with Crippen LogP contribution < -0.4 is 23.7 Å². The van der Waals surface area contributed by atoms with Crippen LogP contribution >= 0.6 is 0 Å². The summed E-state index contributed by atoms with van der Waals surface area (Å²) in [5.74, 6) is -1.35. The summed E-state index contributed by atoms with van der Waals surface area (Å²) in [7, 11) is 2.87. The third kappa shape index (κ3) is 5.05. The maximum atomic E-state index is 13.5. The molecular formula is C31H34O14. The first kappa shape index (κ1) is 30.0. The monoisotopic (exact) mass is 630 g/mol. The van der Waals surface area contributed by atoms with Gasteiger partial charge in [-0.05, 0) is 47.9 Å². The molecule has 2 aromatic carbocycles. The summed E-state index contributed by atoms with van der Waals surface area (Å²) in [6.07, 6.45) is -6.91. The Balaban J connectivity index is 1.32. The number of benzene rings is 2. The highest BCUT2D eigenvalue weighted by molar-refractivity contribution is 5.79. The Labute approximate surface area is 257 Å². The van der Waals surface area contributed by atoms with Crippen molar-refractivity contribution in [1.82, 2.24) is 0 Å². The predicted molar refractivity (Wildman–Crippen MR) is 148 cm³/mol. The number of carbonyl (C=O) groups is 2. The van der Waals surface area contributed by atoms with Gasteiger partial charge in [0.05, 0.1) is 39.5 Å². The fourth-order valence-electron chi connectivity index (χ4n) is 6.97. The summed E-state index contributed by atoms with van der Waals surface area (Å²) < 4.78 is 57.4. The molecule has 0 saturated carbocycles. The highest BCUT2D eigenvalue weighted by Crippen LogP contribution is 2.57. The number of carbonyl (C=O) groups excluding carboxylic acids is 2. The molecule has 10 atom stereocenters. The first-order chi connectivity index (χ1) is 21.7. The largest absolute Gasteiger partial charge is 0.493 e. The Morgan fingerprint density at radius 2 is 1.60 bits per heavy atom. The molecule has 1 aliphatic carbocycles. The number of methoxy groups -OCH3 is 2. The highest BCUT2D eigenvalue weighted by atomic mass is 16.8. The van der Waals surface area contributed by atoms with Gasteiger partial charge in [0.25, 0.3) is 0 Å². The van der Waals surface area contributed by atoms with Crippen LogP contribution in [0.25, 0.3) is 0 Å². The van der Waals surface area contributed by atoms with Crippen molar-refractivity contribution in [2.75, 3.05) is 34.2 Å². The van der Waals surface area contributed by atoms with Gasteiger partial charge in [0.15, 0.2) is 35.6 Å². The van der Waals surface area contributed by atoms with E-state index < -0.39 is 72.8 Å². The summed E-state index contributed by atoms with van der Waals surface area (Å²) in [5, 5.41) is 22.0. The molecule has 0 bridgehead atoms. The normalized spacial score (nSPS) is 34.7. The van der Waals surface area contributed by atoms with Crippen LogP contribution in [-0.2, 0) is 33.3 Å². The lowest BCUT2D eigenvalue weighted by atomic mass is 9.66. The molecule has 2 unspecified atom stereocenters. The Morgan fingerprint density at radius 3 is 2.27 bits per heavy atom. The maximum Gasteiger partial charge on any atom is 0.310 e. The van der Waals surface area contributed by atoms with E-state index in [-0.39, 0.29) is 37.3 Å². The zero-order valence-electron chi connectivity index (χ0n) is 25.0. The lowest BCUT2D eigenvalue weighted by molar-refractivity contribution is -0.364. The number of aliphatic hydroxyl groups is 2. The van der Waals surface area contributed by atoms with E-state index in [0.29, 0.717) is 28.2 Å². The summed E-state index contributed by atoms with van der Waals surface area (Å²) >= 11 is 0. The van der Waals surface area contributed by atoms with Crippen LogP contribution in [0.5, 0.6) is 28.7 Å². The van der Waals surface area contributed by atoms with Crippen LogP contribution in [-0.4, -0.2) is 93.4 Å². The second-order valence-corrected chi connectivity index (χ2v) is 11.6. The average Bonchev–Trinajstić information content (AvgIpc) is 3.65. The van der Waals surface area contributed by atoms with Crippen molar-refractivity contribution in [3.8, 4) is 28.7 Å². The van der Waals surface area contributed by atoms with Crippen LogP contribution in [0.15, 0.2) is 24.3 Å². The molecule has 2 N–H and O–H groups in total. The van der Waals surface area contributed by atoms with E-state index in [9.17, 15) is 19.8 Å². The van der Waals surface area contributed by atoms with Gasteiger partial charge in [-0.3, -0.25) is 9.59 Å². The van der Waals surface area contributed by atoms with Crippen LogP contribution in [0.3, 0.4) is 0 Å². The van der Waals surface area contributed by atoms with Crippen LogP contribution in [0.4, 0.5) is 0 Å². The van der Waals surface area contributed by atoms with Gasteiger partial charge in [0.2, 0.25) is 12.5 Å². The summed E-state index contributed by atoms with van der Waals surface area (Å²) in [6.45, 7) is 3.15. The molecule has 45 heavy (non-hydrogen) atoms. The lowest BCUT2D eigenvalue weighted by Crippen LogP contribution is -2.63. The number of rotatable bonds is 6. The van der Waals surface area contributed by atoms with Gasteiger partial charge >= 0.3 is 11.9 Å². The van der Waals surface area contributed by atoms with Crippen molar-refractivity contribution in [3.05, 3.63) is 41.0 Å². The van der Waals surface area contributed by atoms with Crippen LogP contribution in [0.2, 0.25) is 0 Å². The molecule has 4 heterocycles. The smallest absolute Gasteiger partial charge is 0.310 e. The molecule has 14 heteroatoms. The molecule has 5 aliphatic rings. The van der Waals surface area contributed by atoms with Crippen LogP contribution in [0, 0.1) is 11.8 Å². The van der Waals surface area contributed by atoms with E-state index in [0.717, 1.165) is 0 Å². The molecule has 0 spiro atoms. The Bertz CT molecular complexity index is 1470. The Kier molecular flexibility index (Phi) is 7.74. The highest BCUT2D eigenvalue weighted by Gasteiger charge is 2.56. The molecule has 0 amide bonds. The predicted octanol–water partition coefficient (Wildman–Crippen LogP) is 1.56. The van der Waals surface area contributed by atoms with E-state index in [1.54, 1.807) is 31.2 Å². The average molecular weight is 631 g/mol. The molecule has 3 fully saturated rings. The van der Waals surface area contributed by atoms with Crippen molar-refractivity contribution in [2.24, 2.45) is 11.8 Å². The minimum absolute atomic E-state index is 0.0141. The van der Waals surface area contributed by atoms with E-state index in [4.69, 9.17) is 47.4 Å². The quantitative estimate of drug-likeness (QED) is 0.349. The Hall–Kier alpha value is -3.66. The van der Waals surface area contributed by atoms with E-state index in [1.165, 1.54) is 21.1 Å². The summed E-state index contributed by atoms with van der Waals surface area (Å²) in [5.41, 5.74) is 1.96. The fraction of sp³-hybridized carbons (Fsp3) is 0.548. The van der Waals surface area contributed by atoms with E-state index in [1.807, 2.05) is 0 Å². The molecule has 14 nitrogen and oxygen atoms in total. The zero-order valence-corrected chi connectivity index (χ0v) is 25.0. The maximum absolute atomic E-state index is 13.5. The van der Waals surface area contributed by atoms with Crippen molar-refractivity contribution < 1.29 is 67.2 Å². The molecule has 242 valence electrons. The first-order valence-electron chi connectivity index (χ1n) is 14.7. The molecule has 0 aromatic heterocycles. The summed E-state index contributed by atoms with van der Waals surface area (Å²) in [6, 6.07) is 6.97. The topological polar surface area (TPSA) is 167 Å². The van der Waals surface area contributed by atoms with Gasteiger partial charge in [-0.15, -0.1) is 0 Å². The molecule has 2 aromatic rings. The van der Waals surface area contributed by atoms with E-state index >= 15 is 0 Å². The molecule has 3 saturated heterocycles. The third-order valence-electron chi connectivity index (χ3n) is 8.97. The molecule has 0 radical (unpaired) electrons. The van der Waals surface area contributed by atoms with Gasteiger partial charge in [-0.1, -0.05) is 0 Å². The van der Waals surface area contributed by atoms with Crippen molar-refractivity contribution >= 4 is 11.9 Å². The summed E-state index contributed by atoms with van der Waals surface area (Å²) in [4.78, 5) is 25.4. The van der Waals surface area contributed by atoms with Gasteiger partial charge in [-0.25, -0.2) is 0 Å². The third-order valence-corrected chi connectivity index (χ3v) is 8.97. The minimum Gasteiger partial charge on any atom is -0.493 e. The number of fused-ring (bicyclic) bond motifs is 4. The number of hydrogen-bond donors (Lipinski definition) is 2.